The molecule has 0 spiro atoms. The van der Waals surface area contributed by atoms with E-state index in [1.54, 1.807) is 0 Å². The highest BCUT2D eigenvalue weighted by molar-refractivity contribution is 9.10. The second-order valence-electron chi connectivity index (χ2n) is 4.95. The topological polar surface area (TPSA) is 53.4 Å². The van der Waals surface area contributed by atoms with Crippen LogP contribution in [0.3, 0.4) is 0 Å². The summed E-state index contributed by atoms with van der Waals surface area (Å²) in [5.74, 6) is 0.0415. The van der Waals surface area contributed by atoms with Crippen molar-refractivity contribution in [3.8, 4) is 0 Å². The Morgan fingerprint density at radius 2 is 2.37 bits per heavy atom. The van der Waals surface area contributed by atoms with Gasteiger partial charge in [-0.25, -0.2) is 4.98 Å². The van der Waals surface area contributed by atoms with Crippen LogP contribution in [0.4, 0.5) is 0 Å². The van der Waals surface area contributed by atoms with E-state index in [4.69, 9.17) is 5.11 Å². The molecule has 2 heterocycles. The molecule has 1 unspecified atom stereocenters. The normalized spacial score (nSPS) is 18.9. The lowest BCUT2D eigenvalue weighted by Gasteiger charge is -2.25. The molecule has 1 saturated heterocycles. The Balaban J connectivity index is 2.13. The summed E-state index contributed by atoms with van der Waals surface area (Å²) in [6.45, 7) is 2.89. The number of hydrogen-bond acceptors (Lipinski definition) is 3. The lowest BCUT2D eigenvalue weighted by atomic mass is 10.1. The number of aliphatic hydroxyl groups is 1. The fourth-order valence-corrected chi connectivity index (χ4v) is 3.15. The zero-order valence-corrected chi connectivity index (χ0v) is 12.7. The van der Waals surface area contributed by atoms with Crippen molar-refractivity contribution in [1.29, 1.82) is 0 Å². The smallest absolute Gasteiger partial charge is 0.256 e. The van der Waals surface area contributed by atoms with Gasteiger partial charge in [-0.3, -0.25) is 4.79 Å². The summed E-state index contributed by atoms with van der Waals surface area (Å²) >= 11 is 3.37. The van der Waals surface area contributed by atoms with E-state index in [2.05, 4.69) is 20.9 Å². The lowest BCUT2D eigenvalue weighted by molar-refractivity contribution is 0.0723. The van der Waals surface area contributed by atoms with Crippen LogP contribution < -0.4 is 0 Å². The van der Waals surface area contributed by atoms with Crippen molar-refractivity contribution in [3.05, 3.63) is 28.0 Å². The van der Waals surface area contributed by atoms with Gasteiger partial charge in [0.1, 0.15) is 4.60 Å². The molecule has 19 heavy (non-hydrogen) atoms. The van der Waals surface area contributed by atoms with Crippen LogP contribution in [-0.2, 0) is 0 Å². The van der Waals surface area contributed by atoms with Crippen LogP contribution in [0.2, 0.25) is 0 Å². The molecule has 2 rings (SSSR count). The summed E-state index contributed by atoms with van der Waals surface area (Å²) in [6, 6.07) is 3.94. The van der Waals surface area contributed by atoms with Crippen LogP contribution in [0, 0.1) is 6.92 Å². The van der Waals surface area contributed by atoms with Crippen LogP contribution >= 0.6 is 15.9 Å². The Bertz CT molecular complexity index is 465. The fraction of sp³-hybridized carbons (Fsp3) is 0.571. The van der Waals surface area contributed by atoms with Gasteiger partial charge in [0, 0.05) is 24.9 Å². The van der Waals surface area contributed by atoms with E-state index in [-0.39, 0.29) is 18.6 Å². The number of rotatable bonds is 4. The van der Waals surface area contributed by atoms with Crippen molar-refractivity contribution in [2.45, 2.75) is 38.6 Å². The van der Waals surface area contributed by atoms with E-state index in [1.807, 2.05) is 24.0 Å². The summed E-state index contributed by atoms with van der Waals surface area (Å²) in [7, 11) is 0. The monoisotopic (exact) mass is 326 g/mol. The lowest BCUT2D eigenvalue weighted by Crippen LogP contribution is -2.36. The van der Waals surface area contributed by atoms with Crippen LogP contribution in [-0.4, -0.2) is 40.1 Å². The van der Waals surface area contributed by atoms with E-state index in [9.17, 15) is 4.79 Å². The van der Waals surface area contributed by atoms with Gasteiger partial charge in [0.25, 0.3) is 5.91 Å². The maximum Gasteiger partial charge on any atom is 0.256 e. The number of pyridine rings is 1. The first kappa shape index (κ1) is 14.5. The molecule has 0 saturated carbocycles. The second-order valence-corrected chi connectivity index (χ2v) is 5.70. The van der Waals surface area contributed by atoms with Crippen molar-refractivity contribution >= 4 is 21.8 Å². The average molecular weight is 327 g/mol. The maximum atomic E-state index is 12.5. The first-order valence-electron chi connectivity index (χ1n) is 6.68. The molecule has 1 atom stereocenters. The molecule has 1 fully saturated rings. The van der Waals surface area contributed by atoms with Crippen LogP contribution in [0.15, 0.2) is 16.7 Å². The van der Waals surface area contributed by atoms with Crippen molar-refractivity contribution in [3.63, 3.8) is 0 Å². The highest BCUT2D eigenvalue weighted by Crippen LogP contribution is 2.25. The average Bonchev–Trinajstić information content (AvgIpc) is 2.83. The summed E-state index contributed by atoms with van der Waals surface area (Å²) < 4.78 is 0.616. The Morgan fingerprint density at radius 3 is 3.05 bits per heavy atom. The molecule has 4 nitrogen and oxygen atoms in total. The van der Waals surface area contributed by atoms with Crippen molar-refractivity contribution in [1.82, 2.24) is 9.88 Å². The molecule has 1 aliphatic rings. The quantitative estimate of drug-likeness (QED) is 0.865. The van der Waals surface area contributed by atoms with Gasteiger partial charge in [0.05, 0.1) is 5.56 Å². The van der Waals surface area contributed by atoms with Gasteiger partial charge in [-0.05, 0) is 60.7 Å². The van der Waals surface area contributed by atoms with Crippen molar-refractivity contribution < 1.29 is 9.90 Å². The Kier molecular flexibility index (Phi) is 4.93. The van der Waals surface area contributed by atoms with Gasteiger partial charge in [-0.2, -0.15) is 0 Å². The standard InChI is InChI=1S/C14H19BrN2O2/c1-10-6-7-12(13(15)16-10)14(19)17-8-2-4-11(17)5-3-9-18/h6-7,11,18H,2-5,8-9H2,1H3. The third-order valence-corrected chi connectivity index (χ3v) is 4.16. The van der Waals surface area contributed by atoms with Gasteiger partial charge in [-0.1, -0.05) is 0 Å². The van der Waals surface area contributed by atoms with Crippen LogP contribution in [0.1, 0.15) is 41.7 Å². The van der Waals surface area contributed by atoms with Crippen LogP contribution in [0.25, 0.3) is 0 Å². The number of aryl methyl sites for hydroxylation is 1. The molecular weight excluding hydrogens is 308 g/mol. The molecule has 1 aromatic heterocycles. The number of halogens is 1. The molecule has 104 valence electrons. The second kappa shape index (κ2) is 6.48. The Morgan fingerprint density at radius 1 is 1.58 bits per heavy atom. The molecular formula is C14H19BrN2O2. The predicted molar refractivity (Wildman–Crippen MR) is 77.1 cm³/mol. The van der Waals surface area contributed by atoms with E-state index in [0.29, 0.717) is 10.2 Å². The first-order valence-corrected chi connectivity index (χ1v) is 7.47. The number of hydrogen-bond donors (Lipinski definition) is 1. The molecule has 0 aromatic carbocycles. The van der Waals surface area contributed by atoms with Gasteiger partial charge >= 0.3 is 0 Å². The van der Waals surface area contributed by atoms with E-state index >= 15 is 0 Å². The molecule has 0 radical (unpaired) electrons. The summed E-state index contributed by atoms with van der Waals surface area (Å²) in [6.07, 6.45) is 3.70. The van der Waals surface area contributed by atoms with Gasteiger partial charge in [0.2, 0.25) is 0 Å². The fourth-order valence-electron chi connectivity index (χ4n) is 2.57. The predicted octanol–water partition coefficient (Wildman–Crippen LogP) is 2.53. The highest BCUT2D eigenvalue weighted by atomic mass is 79.9. The molecule has 1 N–H and O–H groups in total. The number of amides is 1. The summed E-state index contributed by atoms with van der Waals surface area (Å²) in [5.41, 5.74) is 1.52. The zero-order chi connectivity index (χ0) is 13.8. The SMILES string of the molecule is Cc1ccc(C(=O)N2CCCC2CCCO)c(Br)n1. The minimum absolute atomic E-state index is 0.0415. The molecule has 1 aromatic rings. The minimum Gasteiger partial charge on any atom is -0.396 e. The number of carbonyl (C=O) groups is 1. The number of aliphatic hydroxyl groups excluding tert-OH is 1. The van der Waals surface area contributed by atoms with Gasteiger partial charge < -0.3 is 10.0 Å². The number of nitrogens with zero attached hydrogens (tertiary/aromatic N) is 2. The molecule has 5 heteroatoms. The first-order chi connectivity index (χ1) is 9.13. The molecule has 1 aliphatic heterocycles. The van der Waals surface area contributed by atoms with Gasteiger partial charge in [-0.15, -0.1) is 0 Å². The largest absolute Gasteiger partial charge is 0.396 e. The molecule has 0 aliphatic carbocycles. The number of aromatic nitrogens is 1. The van der Waals surface area contributed by atoms with E-state index in [0.717, 1.165) is 37.9 Å². The Labute approximate surface area is 122 Å². The summed E-state index contributed by atoms with van der Waals surface area (Å²) in [4.78, 5) is 18.8. The number of carbonyl (C=O) groups excluding carboxylic acids is 1. The zero-order valence-electron chi connectivity index (χ0n) is 11.1. The third-order valence-electron chi connectivity index (χ3n) is 3.55. The summed E-state index contributed by atoms with van der Waals surface area (Å²) in [5, 5.41) is 8.92. The Hall–Kier alpha value is -0.940. The third kappa shape index (κ3) is 3.34. The molecule has 0 bridgehead atoms. The van der Waals surface area contributed by atoms with Crippen molar-refractivity contribution in [2.75, 3.05) is 13.2 Å². The maximum absolute atomic E-state index is 12.5. The van der Waals surface area contributed by atoms with E-state index < -0.39 is 0 Å². The van der Waals surface area contributed by atoms with Crippen molar-refractivity contribution in [2.24, 2.45) is 0 Å². The van der Waals surface area contributed by atoms with Gasteiger partial charge in [0.15, 0.2) is 0 Å². The molecule has 1 amide bonds. The van der Waals surface area contributed by atoms with Crippen LogP contribution in [0.5, 0.6) is 0 Å². The minimum atomic E-state index is 0.0415. The highest BCUT2D eigenvalue weighted by Gasteiger charge is 2.29. The van der Waals surface area contributed by atoms with E-state index in [1.165, 1.54) is 0 Å². The number of likely N-dealkylation sites (tertiary alicyclic amines) is 1.